The maximum absolute atomic E-state index is 13.4. The van der Waals surface area contributed by atoms with Gasteiger partial charge in [0.15, 0.2) is 0 Å². The van der Waals surface area contributed by atoms with Crippen molar-refractivity contribution >= 4 is 46.4 Å². The number of thiocarbonyl (C=S) groups is 1. The van der Waals surface area contributed by atoms with Crippen molar-refractivity contribution in [3.8, 4) is 5.75 Å². The fourth-order valence-corrected chi connectivity index (χ4v) is 3.82. The number of hydrazine groups is 1. The number of nitrogens with zero attached hydrogens (tertiary/aromatic N) is 3. The molecule has 3 amide bonds. The number of amides is 3. The third kappa shape index (κ3) is 4.86. The van der Waals surface area contributed by atoms with Gasteiger partial charge in [0.1, 0.15) is 11.8 Å². The zero-order valence-corrected chi connectivity index (χ0v) is 19.0. The minimum absolute atomic E-state index is 0.0510. The summed E-state index contributed by atoms with van der Waals surface area (Å²) in [5, 5.41) is 4.07. The monoisotopic (exact) mass is 475 g/mol. The maximum Gasteiger partial charge on any atom is 0.269 e. The summed E-state index contributed by atoms with van der Waals surface area (Å²) in [7, 11) is 1.54. The average molecular weight is 476 g/mol. The standard InChI is InChI=1S/C24H21N5O4S/c1-33-19-9-7-18(8-10-19)28-23(32)20(15-21(30)26-17-5-3-2-4-6-17)29(24(28)34)27-22(31)16-11-13-25-14-12-16/h2-14,20H,15H2,1H3,(H,26,30)(H,27,31). The van der Waals surface area contributed by atoms with Crippen LogP contribution in [-0.4, -0.2) is 46.0 Å². The zero-order valence-electron chi connectivity index (χ0n) is 18.2. The van der Waals surface area contributed by atoms with Crippen molar-refractivity contribution in [2.75, 3.05) is 17.3 Å². The Labute approximate surface area is 201 Å². The molecule has 0 spiro atoms. The average Bonchev–Trinajstić information content (AvgIpc) is 3.09. The largest absolute Gasteiger partial charge is 0.497 e. The lowest BCUT2D eigenvalue weighted by molar-refractivity contribution is -0.124. The van der Waals surface area contributed by atoms with Gasteiger partial charge in [-0.15, -0.1) is 0 Å². The van der Waals surface area contributed by atoms with Crippen LogP contribution >= 0.6 is 12.2 Å². The van der Waals surface area contributed by atoms with Gasteiger partial charge in [-0.3, -0.25) is 29.7 Å². The quantitative estimate of drug-likeness (QED) is 0.507. The number of rotatable bonds is 7. The van der Waals surface area contributed by atoms with E-state index < -0.39 is 23.8 Å². The van der Waals surface area contributed by atoms with Crippen LogP contribution in [0.15, 0.2) is 79.1 Å². The first-order valence-corrected chi connectivity index (χ1v) is 10.8. The summed E-state index contributed by atoms with van der Waals surface area (Å²) in [6, 6.07) is 17.7. The highest BCUT2D eigenvalue weighted by molar-refractivity contribution is 7.80. The Morgan fingerprint density at radius 2 is 1.71 bits per heavy atom. The number of aromatic nitrogens is 1. The number of hydrogen-bond acceptors (Lipinski definition) is 6. The van der Waals surface area contributed by atoms with Gasteiger partial charge in [0.2, 0.25) is 11.0 Å². The van der Waals surface area contributed by atoms with E-state index in [1.165, 1.54) is 34.4 Å². The molecule has 2 heterocycles. The molecule has 0 saturated carbocycles. The first-order valence-electron chi connectivity index (χ1n) is 10.3. The smallest absolute Gasteiger partial charge is 0.269 e. The van der Waals surface area contributed by atoms with Gasteiger partial charge in [-0.25, -0.2) is 5.01 Å². The topological polar surface area (TPSA) is 104 Å². The number of carbonyl (C=O) groups is 3. The second kappa shape index (κ2) is 10.1. The van der Waals surface area contributed by atoms with Crippen LogP contribution in [0.1, 0.15) is 16.8 Å². The summed E-state index contributed by atoms with van der Waals surface area (Å²) < 4.78 is 5.18. The van der Waals surface area contributed by atoms with E-state index in [9.17, 15) is 14.4 Å². The predicted molar refractivity (Wildman–Crippen MR) is 130 cm³/mol. The number of benzene rings is 2. The molecule has 3 aromatic rings. The van der Waals surface area contributed by atoms with Crippen molar-refractivity contribution in [1.29, 1.82) is 0 Å². The zero-order chi connectivity index (χ0) is 24.1. The third-order valence-corrected chi connectivity index (χ3v) is 5.53. The van der Waals surface area contributed by atoms with E-state index in [0.717, 1.165) is 0 Å². The molecule has 9 nitrogen and oxygen atoms in total. The Kier molecular flexibility index (Phi) is 6.79. The van der Waals surface area contributed by atoms with E-state index in [2.05, 4.69) is 15.7 Å². The van der Waals surface area contributed by atoms with Crippen LogP contribution in [0.4, 0.5) is 11.4 Å². The predicted octanol–water partition coefficient (Wildman–Crippen LogP) is 2.77. The Balaban J connectivity index is 1.60. The Bertz CT molecular complexity index is 1210. The van der Waals surface area contributed by atoms with Crippen LogP contribution < -0.4 is 20.4 Å². The lowest BCUT2D eigenvalue weighted by Gasteiger charge is -2.24. The molecule has 1 unspecified atom stereocenters. The number of pyridine rings is 1. The summed E-state index contributed by atoms with van der Waals surface area (Å²) in [5.41, 5.74) is 4.10. The van der Waals surface area contributed by atoms with Gasteiger partial charge in [0, 0.05) is 23.6 Å². The minimum Gasteiger partial charge on any atom is -0.497 e. The molecule has 1 aliphatic rings. The molecular formula is C24H21N5O4S. The molecule has 1 aliphatic heterocycles. The number of methoxy groups -OCH3 is 1. The fourth-order valence-electron chi connectivity index (χ4n) is 3.45. The van der Waals surface area contributed by atoms with Crippen LogP contribution in [0.2, 0.25) is 0 Å². The van der Waals surface area contributed by atoms with Crippen LogP contribution in [0, 0.1) is 0 Å². The van der Waals surface area contributed by atoms with Gasteiger partial charge in [0.05, 0.1) is 19.2 Å². The van der Waals surface area contributed by atoms with Gasteiger partial charge in [-0.1, -0.05) is 18.2 Å². The minimum atomic E-state index is -1.04. The van der Waals surface area contributed by atoms with Crippen LogP contribution in [0.5, 0.6) is 5.75 Å². The Hall–Kier alpha value is -4.31. The molecule has 1 fully saturated rings. The highest BCUT2D eigenvalue weighted by Gasteiger charge is 2.45. The lowest BCUT2D eigenvalue weighted by atomic mass is 10.1. The van der Waals surface area contributed by atoms with Crippen molar-refractivity contribution in [1.82, 2.24) is 15.4 Å². The highest BCUT2D eigenvalue weighted by atomic mass is 32.1. The number of carbonyl (C=O) groups excluding carboxylic acids is 3. The van der Waals surface area contributed by atoms with Crippen molar-refractivity contribution in [3.05, 3.63) is 84.7 Å². The van der Waals surface area contributed by atoms with E-state index >= 15 is 0 Å². The van der Waals surface area contributed by atoms with Crippen LogP contribution in [-0.2, 0) is 9.59 Å². The molecule has 0 aliphatic carbocycles. The number of anilines is 2. The molecule has 172 valence electrons. The third-order valence-electron chi connectivity index (χ3n) is 5.15. The molecule has 0 bridgehead atoms. The van der Waals surface area contributed by atoms with Gasteiger partial charge >= 0.3 is 0 Å². The van der Waals surface area contributed by atoms with E-state index in [1.54, 1.807) is 55.6 Å². The summed E-state index contributed by atoms with van der Waals surface area (Å²) in [6.07, 6.45) is 2.74. The number of nitrogens with one attached hydrogen (secondary N) is 2. The summed E-state index contributed by atoms with van der Waals surface area (Å²) in [4.78, 5) is 44.2. The molecule has 0 radical (unpaired) electrons. The molecule has 34 heavy (non-hydrogen) atoms. The molecule has 1 aromatic heterocycles. The Morgan fingerprint density at radius 3 is 2.35 bits per heavy atom. The molecule has 10 heteroatoms. The van der Waals surface area contributed by atoms with Crippen molar-refractivity contribution in [3.63, 3.8) is 0 Å². The van der Waals surface area contributed by atoms with Gasteiger partial charge in [0.25, 0.3) is 11.8 Å². The summed E-state index contributed by atoms with van der Waals surface area (Å²) >= 11 is 5.55. The van der Waals surface area contributed by atoms with Crippen molar-refractivity contribution in [2.24, 2.45) is 0 Å². The highest BCUT2D eigenvalue weighted by Crippen LogP contribution is 2.28. The van der Waals surface area contributed by atoms with E-state index in [4.69, 9.17) is 17.0 Å². The number of para-hydroxylation sites is 1. The summed E-state index contributed by atoms with van der Waals surface area (Å²) in [5.74, 6) is -0.703. The summed E-state index contributed by atoms with van der Waals surface area (Å²) in [6.45, 7) is 0. The lowest BCUT2D eigenvalue weighted by Crippen LogP contribution is -2.49. The number of ether oxygens (including phenoxy) is 1. The van der Waals surface area contributed by atoms with E-state index in [1.807, 2.05) is 6.07 Å². The normalized spacial score (nSPS) is 15.3. The van der Waals surface area contributed by atoms with Crippen LogP contribution in [0.25, 0.3) is 0 Å². The molecular weight excluding hydrogens is 454 g/mol. The number of hydrogen-bond donors (Lipinski definition) is 2. The van der Waals surface area contributed by atoms with Crippen molar-refractivity contribution < 1.29 is 19.1 Å². The van der Waals surface area contributed by atoms with Crippen molar-refractivity contribution in [2.45, 2.75) is 12.5 Å². The molecule has 4 rings (SSSR count). The maximum atomic E-state index is 13.4. The van der Waals surface area contributed by atoms with Crippen LogP contribution in [0.3, 0.4) is 0 Å². The van der Waals surface area contributed by atoms with E-state index in [-0.39, 0.29) is 11.5 Å². The first-order chi connectivity index (χ1) is 16.5. The van der Waals surface area contributed by atoms with Gasteiger partial charge in [-0.2, -0.15) is 0 Å². The second-order valence-corrected chi connectivity index (χ2v) is 7.70. The molecule has 1 saturated heterocycles. The van der Waals surface area contributed by atoms with Gasteiger partial charge in [-0.05, 0) is 60.7 Å². The second-order valence-electron chi connectivity index (χ2n) is 7.34. The molecule has 1 atom stereocenters. The van der Waals surface area contributed by atoms with Gasteiger partial charge < -0.3 is 10.1 Å². The SMILES string of the molecule is COc1ccc(N2C(=O)C(CC(=O)Nc3ccccc3)N(NC(=O)c3ccncc3)C2=S)cc1. The molecule has 2 N–H and O–H groups in total. The fraction of sp³-hybridized carbons (Fsp3) is 0.125. The Morgan fingerprint density at radius 1 is 1.03 bits per heavy atom. The van der Waals surface area contributed by atoms with E-state index in [0.29, 0.717) is 22.7 Å². The first kappa shape index (κ1) is 22.9. The molecule has 2 aromatic carbocycles.